The lowest BCUT2D eigenvalue weighted by atomic mass is 10.1. The molecule has 4 heterocycles. The third kappa shape index (κ3) is 4.48. The highest BCUT2D eigenvalue weighted by atomic mass is 32.2. The van der Waals surface area contributed by atoms with E-state index in [1.807, 2.05) is 6.07 Å². The number of hydrogen-bond acceptors (Lipinski definition) is 6. The van der Waals surface area contributed by atoms with Crippen LogP contribution in [-0.2, 0) is 10.0 Å². The summed E-state index contributed by atoms with van der Waals surface area (Å²) in [4.78, 5) is 15.5. The molecular weight excluding hydrogens is 447 g/mol. The van der Waals surface area contributed by atoms with Crippen molar-refractivity contribution in [1.82, 2.24) is 34.4 Å². The van der Waals surface area contributed by atoms with Crippen molar-refractivity contribution in [3.05, 3.63) is 54.9 Å². The van der Waals surface area contributed by atoms with Crippen molar-refractivity contribution >= 4 is 21.2 Å². The second kappa shape index (κ2) is 8.31. The minimum Gasteiger partial charge on any atom is -0.343 e. The molecule has 1 atom stereocenters. The van der Waals surface area contributed by atoms with Gasteiger partial charge in [0.05, 0.1) is 18.0 Å². The predicted molar refractivity (Wildman–Crippen MR) is 110 cm³/mol. The first-order valence-electron chi connectivity index (χ1n) is 9.46. The zero-order valence-corrected chi connectivity index (χ0v) is 17.5. The lowest BCUT2D eigenvalue weighted by Gasteiger charge is -2.18. The Labute approximate surface area is 180 Å². The Morgan fingerprint density at radius 1 is 1.16 bits per heavy atom. The fourth-order valence-corrected chi connectivity index (χ4v) is 4.55. The molecule has 0 aliphatic rings. The standard InChI is InChI=1S/C19H18F3N7O2S/c1-23-32(30,31)15(4-6-19(20,21)22)12-2-3-16(25-8-12)29-10-13(9-28-29)14-5-7-24-18-17(14)26-11-27-18/h2-3,5,7-11,15,23H,4,6H2,1H3,(H,24,26,27). The number of hydrogen-bond donors (Lipinski definition) is 2. The van der Waals surface area contributed by atoms with Crippen molar-refractivity contribution in [1.29, 1.82) is 0 Å². The second-order valence-corrected chi connectivity index (χ2v) is 9.04. The number of imidazole rings is 1. The van der Waals surface area contributed by atoms with Crippen LogP contribution in [0.4, 0.5) is 13.2 Å². The van der Waals surface area contributed by atoms with Gasteiger partial charge in [0.15, 0.2) is 11.5 Å². The van der Waals surface area contributed by atoms with Gasteiger partial charge in [0.2, 0.25) is 10.0 Å². The third-order valence-electron chi connectivity index (χ3n) is 4.95. The molecule has 4 rings (SSSR count). The first-order chi connectivity index (χ1) is 15.2. The molecule has 0 amide bonds. The zero-order chi connectivity index (χ0) is 22.9. The maximum atomic E-state index is 12.7. The molecule has 32 heavy (non-hydrogen) atoms. The van der Waals surface area contributed by atoms with Crippen LogP contribution >= 0.6 is 0 Å². The van der Waals surface area contributed by atoms with E-state index in [2.05, 4.69) is 29.8 Å². The van der Waals surface area contributed by atoms with Crippen LogP contribution in [-0.4, -0.2) is 51.4 Å². The fourth-order valence-electron chi connectivity index (χ4n) is 3.34. The molecular formula is C19H18F3N7O2S. The van der Waals surface area contributed by atoms with Gasteiger partial charge in [-0.2, -0.15) is 18.3 Å². The van der Waals surface area contributed by atoms with Gasteiger partial charge in [-0.1, -0.05) is 6.07 Å². The summed E-state index contributed by atoms with van der Waals surface area (Å²) in [5.41, 5.74) is 3.08. The number of alkyl halides is 3. The summed E-state index contributed by atoms with van der Waals surface area (Å²) >= 11 is 0. The summed E-state index contributed by atoms with van der Waals surface area (Å²) in [6.45, 7) is 0. The largest absolute Gasteiger partial charge is 0.389 e. The summed E-state index contributed by atoms with van der Waals surface area (Å²) < 4.78 is 66.2. The average molecular weight is 465 g/mol. The van der Waals surface area contributed by atoms with E-state index in [9.17, 15) is 21.6 Å². The van der Waals surface area contributed by atoms with E-state index in [-0.39, 0.29) is 5.56 Å². The molecule has 0 aliphatic carbocycles. The summed E-state index contributed by atoms with van der Waals surface area (Å²) in [7, 11) is -2.82. The number of aromatic amines is 1. The number of sulfonamides is 1. The lowest BCUT2D eigenvalue weighted by molar-refractivity contribution is -0.135. The molecule has 2 N–H and O–H groups in total. The molecule has 0 aromatic carbocycles. The number of nitrogens with one attached hydrogen (secondary N) is 2. The summed E-state index contributed by atoms with van der Waals surface area (Å²) in [5.74, 6) is 0.381. The molecule has 9 nitrogen and oxygen atoms in total. The fraction of sp³-hybridized carbons (Fsp3) is 0.263. The maximum Gasteiger partial charge on any atom is 0.389 e. The van der Waals surface area contributed by atoms with Gasteiger partial charge in [-0.25, -0.2) is 32.8 Å². The van der Waals surface area contributed by atoms with Crippen LogP contribution in [0, 0.1) is 0 Å². The lowest BCUT2D eigenvalue weighted by Crippen LogP contribution is -2.27. The maximum absolute atomic E-state index is 12.7. The van der Waals surface area contributed by atoms with E-state index in [0.29, 0.717) is 11.5 Å². The van der Waals surface area contributed by atoms with Crippen LogP contribution < -0.4 is 4.72 Å². The number of aromatic nitrogens is 6. The van der Waals surface area contributed by atoms with E-state index < -0.39 is 34.3 Å². The normalized spacial score (nSPS) is 13.5. The number of nitrogens with zero attached hydrogens (tertiary/aromatic N) is 5. The molecule has 0 saturated carbocycles. The minimum absolute atomic E-state index is 0.160. The molecule has 0 radical (unpaired) electrons. The molecule has 13 heteroatoms. The smallest absolute Gasteiger partial charge is 0.343 e. The molecule has 0 aliphatic heterocycles. The molecule has 168 valence electrons. The quantitative estimate of drug-likeness (QED) is 0.433. The van der Waals surface area contributed by atoms with Crippen molar-refractivity contribution < 1.29 is 21.6 Å². The van der Waals surface area contributed by atoms with Crippen molar-refractivity contribution in [3.8, 4) is 16.9 Å². The van der Waals surface area contributed by atoms with Gasteiger partial charge in [-0.15, -0.1) is 0 Å². The van der Waals surface area contributed by atoms with Crippen LogP contribution in [0.5, 0.6) is 0 Å². The van der Waals surface area contributed by atoms with Crippen LogP contribution in [0.3, 0.4) is 0 Å². The first kappa shape index (κ1) is 21.9. The SMILES string of the molecule is CNS(=O)(=O)C(CCC(F)(F)F)c1ccc(-n2cc(-c3ccnc4nc[nH]c34)cn2)nc1. The Balaban J connectivity index is 1.61. The highest BCUT2D eigenvalue weighted by Gasteiger charge is 2.33. The summed E-state index contributed by atoms with van der Waals surface area (Å²) in [6, 6.07) is 4.77. The minimum atomic E-state index is -4.46. The number of fused-ring (bicyclic) bond motifs is 1. The van der Waals surface area contributed by atoms with E-state index in [0.717, 1.165) is 16.6 Å². The Kier molecular flexibility index (Phi) is 5.69. The number of H-pyrrole nitrogens is 1. The van der Waals surface area contributed by atoms with E-state index in [4.69, 9.17) is 0 Å². The van der Waals surface area contributed by atoms with E-state index >= 15 is 0 Å². The Hall–Kier alpha value is -3.32. The highest BCUT2D eigenvalue weighted by molar-refractivity contribution is 7.89. The number of rotatable bonds is 7. The highest BCUT2D eigenvalue weighted by Crippen LogP contribution is 2.32. The van der Waals surface area contributed by atoms with Gasteiger partial charge in [-0.05, 0) is 31.2 Å². The van der Waals surface area contributed by atoms with Gasteiger partial charge in [0.1, 0.15) is 5.25 Å². The van der Waals surface area contributed by atoms with Gasteiger partial charge < -0.3 is 4.98 Å². The van der Waals surface area contributed by atoms with Crippen molar-refractivity contribution in [2.24, 2.45) is 0 Å². The van der Waals surface area contributed by atoms with E-state index in [1.54, 1.807) is 24.9 Å². The Morgan fingerprint density at radius 3 is 2.66 bits per heavy atom. The second-order valence-electron chi connectivity index (χ2n) is 6.97. The third-order valence-corrected chi connectivity index (χ3v) is 6.77. The van der Waals surface area contributed by atoms with Crippen molar-refractivity contribution in [2.75, 3.05) is 7.05 Å². The Morgan fingerprint density at radius 2 is 1.97 bits per heavy atom. The van der Waals surface area contributed by atoms with Crippen LogP contribution in [0.2, 0.25) is 0 Å². The molecule has 0 spiro atoms. The van der Waals surface area contributed by atoms with Gasteiger partial charge in [0.25, 0.3) is 0 Å². The first-order valence-corrected chi connectivity index (χ1v) is 11.0. The number of pyridine rings is 2. The molecule has 0 bridgehead atoms. The van der Waals surface area contributed by atoms with Crippen molar-refractivity contribution in [3.63, 3.8) is 0 Å². The van der Waals surface area contributed by atoms with Gasteiger partial charge in [-0.3, -0.25) is 0 Å². The summed E-state index contributed by atoms with van der Waals surface area (Å²) in [5, 5.41) is 2.90. The number of halogens is 3. The van der Waals surface area contributed by atoms with Gasteiger partial charge in [0, 0.05) is 36.1 Å². The van der Waals surface area contributed by atoms with Crippen LogP contribution in [0.1, 0.15) is 23.7 Å². The van der Waals surface area contributed by atoms with Crippen LogP contribution in [0.25, 0.3) is 28.1 Å². The molecule has 0 fully saturated rings. The molecule has 4 aromatic rings. The molecule has 4 aromatic heterocycles. The molecule has 0 saturated heterocycles. The van der Waals surface area contributed by atoms with Gasteiger partial charge >= 0.3 is 6.18 Å². The molecule has 1 unspecified atom stereocenters. The summed E-state index contributed by atoms with van der Waals surface area (Å²) in [6.07, 6.45) is 1.48. The zero-order valence-electron chi connectivity index (χ0n) is 16.7. The van der Waals surface area contributed by atoms with Crippen LogP contribution in [0.15, 0.2) is 49.3 Å². The average Bonchev–Trinajstić information content (AvgIpc) is 3.43. The Bertz CT molecular complexity index is 1330. The van der Waals surface area contributed by atoms with Crippen molar-refractivity contribution in [2.45, 2.75) is 24.3 Å². The predicted octanol–water partition coefficient (Wildman–Crippen LogP) is 3.14. The van der Waals surface area contributed by atoms with E-state index in [1.165, 1.54) is 30.1 Å². The monoisotopic (exact) mass is 465 g/mol. The topological polar surface area (TPSA) is 118 Å².